The molecule has 3 heteroatoms. The van der Waals surface area contributed by atoms with Gasteiger partial charge in [-0.15, -0.1) is 0 Å². The van der Waals surface area contributed by atoms with Gasteiger partial charge >= 0.3 is 0 Å². The average molecular weight is 266 g/mol. The highest BCUT2D eigenvalue weighted by molar-refractivity contribution is 6.00. The first-order chi connectivity index (χ1) is 9.83. The summed E-state index contributed by atoms with van der Waals surface area (Å²) in [6.45, 7) is 0.288. The second kappa shape index (κ2) is 4.37. The Bertz CT molecular complexity index is 663. The van der Waals surface area contributed by atoms with Crippen molar-refractivity contribution >= 4 is 5.78 Å². The Morgan fingerprint density at radius 1 is 1.00 bits per heavy atom. The monoisotopic (exact) mass is 266 g/mol. The molecule has 1 heterocycles. The van der Waals surface area contributed by atoms with Gasteiger partial charge < -0.3 is 9.47 Å². The Kier molecular flexibility index (Phi) is 2.52. The largest absolute Gasteiger partial charge is 0.454 e. The van der Waals surface area contributed by atoms with Gasteiger partial charge in [0.1, 0.15) is 0 Å². The Hall–Kier alpha value is -2.29. The molecule has 0 spiro atoms. The minimum Gasteiger partial charge on any atom is -0.454 e. The molecule has 4 rings (SSSR count). The van der Waals surface area contributed by atoms with Crippen LogP contribution in [-0.2, 0) is 0 Å². The van der Waals surface area contributed by atoms with Crippen LogP contribution in [0.2, 0.25) is 0 Å². The molecular formula is C17H14O3. The van der Waals surface area contributed by atoms with E-state index in [2.05, 4.69) is 0 Å². The molecule has 0 saturated heterocycles. The van der Waals surface area contributed by atoms with Crippen LogP contribution in [0, 0.1) is 5.92 Å². The van der Waals surface area contributed by atoms with Crippen LogP contribution in [0.5, 0.6) is 11.5 Å². The van der Waals surface area contributed by atoms with Crippen molar-refractivity contribution in [3.05, 3.63) is 59.7 Å². The third kappa shape index (κ3) is 1.86. The lowest BCUT2D eigenvalue weighted by Crippen LogP contribution is -2.02. The molecule has 2 aliphatic rings. The summed E-state index contributed by atoms with van der Waals surface area (Å²) in [5.41, 5.74) is 1.98. The van der Waals surface area contributed by atoms with Crippen LogP contribution in [-0.4, -0.2) is 12.6 Å². The standard InChI is InChI=1S/C17H14O3/c18-17(11-4-2-1-3-5-11)14-9-13(14)12-6-7-15-16(8-12)20-10-19-15/h1-8,13-14H,9-10H2. The maximum Gasteiger partial charge on any atom is 0.231 e. The zero-order valence-electron chi connectivity index (χ0n) is 10.9. The van der Waals surface area contributed by atoms with E-state index in [1.807, 2.05) is 48.5 Å². The normalized spacial score (nSPS) is 22.6. The number of rotatable bonds is 3. The summed E-state index contributed by atoms with van der Waals surface area (Å²) in [4.78, 5) is 12.4. The SMILES string of the molecule is O=C(c1ccccc1)C1CC1c1ccc2c(c1)OCO2. The molecular weight excluding hydrogens is 252 g/mol. The number of ether oxygens (including phenoxy) is 2. The van der Waals surface area contributed by atoms with Gasteiger partial charge in [-0.2, -0.15) is 0 Å². The molecule has 2 atom stereocenters. The van der Waals surface area contributed by atoms with Crippen molar-refractivity contribution in [2.75, 3.05) is 6.79 Å². The van der Waals surface area contributed by atoms with Gasteiger partial charge in [-0.1, -0.05) is 36.4 Å². The van der Waals surface area contributed by atoms with Crippen molar-refractivity contribution in [3.8, 4) is 11.5 Å². The van der Waals surface area contributed by atoms with Crippen molar-refractivity contribution in [2.45, 2.75) is 12.3 Å². The van der Waals surface area contributed by atoms with Gasteiger partial charge in [0.2, 0.25) is 6.79 Å². The van der Waals surface area contributed by atoms with Crippen LogP contribution < -0.4 is 9.47 Å². The van der Waals surface area contributed by atoms with Crippen molar-refractivity contribution in [2.24, 2.45) is 5.92 Å². The fourth-order valence-electron chi connectivity index (χ4n) is 2.81. The summed E-state index contributed by atoms with van der Waals surface area (Å²) < 4.78 is 10.7. The topological polar surface area (TPSA) is 35.5 Å². The highest BCUT2D eigenvalue weighted by atomic mass is 16.7. The zero-order chi connectivity index (χ0) is 13.5. The van der Waals surface area contributed by atoms with E-state index in [1.54, 1.807) is 0 Å². The molecule has 2 aromatic rings. The predicted octanol–water partition coefficient (Wildman–Crippen LogP) is 3.40. The van der Waals surface area contributed by atoms with Crippen LogP contribution in [0.1, 0.15) is 28.3 Å². The molecule has 1 fully saturated rings. The van der Waals surface area contributed by atoms with Crippen LogP contribution >= 0.6 is 0 Å². The third-order valence-corrected chi connectivity index (χ3v) is 4.01. The van der Waals surface area contributed by atoms with Crippen molar-refractivity contribution in [1.82, 2.24) is 0 Å². The predicted molar refractivity (Wildman–Crippen MR) is 74.2 cm³/mol. The minimum atomic E-state index is 0.109. The summed E-state index contributed by atoms with van der Waals surface area (Å²) in [6.07, 6.45) is 0.924. The maximum atomic E-state index is 12.4. The first-order valence-corrected chi connectivity index (χ1v) is 6.82. The summed E-state index contributed by atoms with van der Waals surface area (Å²) in [5, 5.41) is 0. The van der Waals surface area contributed by atoms with E-state index in [-0.39, 0.29) is 18.5 Å². The fraction of sp³-hybridized carbons (Fsp3) is 0.235. The summed E-state index contributed by atoms with van der Waals surface area (Å²) in [5.74, 6) is 2.25. The van der Waals surface area contributed by atoms with E-state index in [0.29, 0.717) is 5.92 Å². The molecule has 1 saturated carbocycles. The molecule has 0 aromatic heterocycles. The molecule has 2 unspecified atom stereocenters. The highest BCUT2D eigenvalue weighted by Crippen LogP contribution is 2.50. The van der Waals surface area contributed by atoms with Gasteiger partial charge in [0.15, 0.2) is 17.3 Å². The molecule has 0 amide bonds. The van der Waals surface area contributed by atoms with Crippen LogP contribution in [0.15, 0.2) is 48.5 Å². The molecule has 1 aliphatic heterocycles. The maximum absolute atomic E-state index is 12.4. The van der Waals surface area contributed by atoms with Gasteiger partial charge in [0.25, 0.3) is 0 Å². The lowest BCUT2D eigenvalue weighted by Gasteiger charge is -2.03. The molecule has 3 nitrogen and oxygen atoms in total. The number of carbonyl (C=O) groups excluding carboxylic acids is 1. The number of fused-ring (bicyclic) bond motifs is 1. The molecule has 2 aromatic carbocycles. The molecule has 100 valence electrons. The molecule has 20 heavy (non-hydrogen) atoms. The van der Waals surface area contributed by atoms with Gasteiger partial charge in [-0.25, -0.2) is 0 Å². The second-order valence-corrected chi connectivity index (χ2v) is 5.29. The Morgan fingerprint density at radius 3 is 2.65 bits per heavy atom. The Balaban J connectivity index is 1.54. The van der Waals surface area contributed by atoms with Gasteiger partial charge in [0, 0.05) is 11.5 Å². The highest BCUT2D eigenvalue weighted by Gasteiger charge is 2.44. The van der Waals surface area contributed by atoms with E-state index in [9.17, 15) is 4.79 Å². The molecule has 0 N–H and O–H groups in total. The Morgan fingerprint density at radius 2 is 1.80 bits per heavy atom. The lowest BCUT2D eigenvalue weighted by molar-refractivity contribution is 0.0965. The summed E-state index contributed by atoms with van der Waals surface area (Å²) in [6, 6.07) is 15.5. The van der Waals surface area contributed by atoms with Crippen molar-refractivity contribution < 1.29 is 14.3 Å². The van der Waals surface area contributed by atoms with E-state index < -0.39 is 0 Å². The minimum absolute atomic E-state index is 0.109. The fourth-order valence-corrected chi connectivity index (χ4v) is 2.81. The van der Waals surface area contributed by atoms with E-state index in [4.69, 9.17) is 9.47 Å². The van der Waals surface area contributed by atoms with Gasteiger partial charge in [-0.3, -0.25) is 4.79 Å². The number of benzene rings is 2. The van der Waals surface area contributed by atoms with Crippen LogP contribution in [0.3, 0.4) is 0 Å². The van der Waals surface area contributed by atoms with E-state index in [0.717, 1.165) is 23.5 Å². The second-order valence-electron chi connectivity index (χ2n) is 5.29. The first-order valence-electron chi connectivity index (χ1n) is 6.82. The van der Waals surface area contributed by atoms with Crippen LogP contribution in [0.25, 0.3) is 0 Å². The summed E-state index contributed by atoms with van der Waals surface area (Å²) in [7, 11) is 0. The smallest absolute Gasteiger partial charge is 0.231 e. The van der Waals surface area contributed by atoms with Crippen molar-refractivity contribution in [1.29, 1.82) is 0 Å². The zero-order valence-corrected chi connectivity index (χ0v) is 10.9. The quantitative estimate of drug-likeness (QED) is 0.799. The number of hydrogen-bond donors (Lipinski definition) is 0. The van der Waals surface area contributed by atoms with Gasteiger partial charge in [0.05, 0.1) is 0 Å². The molecule has 0 radical (unpaired) electrons. The molecule has 1 aliphatic carbocycles. The summed E-state index contributed by atoms with van der Waals surface area (Å²) >= 11 is 0. The van der Waals surface area contributed by atoms with Crippen LogP contribution in [0.4, 0.5) is 0 Å². The van der Waals surface area contributed by atoms with E-state index >= 15 is 0 Å². The molecule has 0 bridgehead atoms. The first kappa shape index (κ1) is 11.5. The van der Waals surface area contributed by atoms with Crippen molar-refractivity contribution in [3.63, 3.8) is 0 Å². The third-order valence-electron chi connectivity index (χ3n) is 4.01. The van der Waals surface area contributed by atoms with E-state index in [1.165, 1.54) is 5.56 Å². The van der Waals surface area contributed by atoms with Gasteiger partial charge in [-0.05, 0) is 30.0 Å². The Labute approximate surface area is 117 Å². The number of Topliss-reactive ketones (excluding diaryl/α,β-unsaturated/α-hetero) is 1. The average Bonchev–Trinajstić information content (AvgIpc) is 3.17. The number of ketones is 1. The number of carbonyl (C=O) groups is 1. The lowest BCUT2D eigenvalue weighted by atomic mass is 10.0. The number of hydrogen-bond acceptors (Lipinski definition) is 3.